The summed E-state index contributed by atoms with van der Waals surface area (Å²) in [5.74, 6) is -1.54. The summed E-state index contributed by atoms with van der Waals surface area (Å²) in [6, 6.07) is 7.57. The molecule has 1 unspecified atom stereocenters. The molecule has 0 spiro atoms. The Bertz CT molecular complexity index is 607. The highest BCUT2D eigenvalue weighted by molar-refractivity contribution is 6.42. The minimum absolute atomic E-state index is 0.0640. The second-order valence-electron chi connectivity index (χ2n) is 4.33. The Balaban J connectivity index is 2.61. The lowest BCUT2D eigenvalue weighted by atomic mass is 9.88. The fourth-order valence-corrected chi connectivity index (χ4v) is 2.35. The van der Waals surface area contributed by atoms with Gasteiger partial charge in [0.25, 0.3) is 0 Å². The molecule has 2 aromatic carbocycles. The van der Waals surface area contributed by atoms with Crippen LogP contribution in [0.2, 0.25) is 10.0 Å². The molecule has 19 heavy (non-hydrogen) atoms. The number of hydrogen-bond acceptors (Lipinski definition) is 1. The lowest BCUT2D eigenvalue weighted by Gasteiger charge is -2.26. The van der Waals surface area contributed by atoms with Gasteiger partial charge in [-0.1, -0.05) is 35.3 Å². The van der Waals surface area contributed by atoms with Gasteiger partial charge in [0.15, 0.2) is 0 Å². The summed E-state index contributed by atoms with van der Waals surface area (Å²) in [6.07, 6.45) is 0. The van der Waals surface area contributed by atoms with Crippen LogP contribution in [0.4, 0.5) is 8.78 Å². The van der Waals surface area contributed by atoms with Crippen molar-refractivity contribution < 1.29 is 13.9 Å². The summed E-state index contributed by atoms with van der Waals surface area (Å²) < 4.78 is 26.5. The molecule has 1 N–H and O–H groups in total. The van der Waals surface area contributed by atoms with Gasteiger partial charge in [-0.2, -0.15) is 0 Å². The van der Waals surface area contributed by atoms with Gasteiger partial charge in [0.2, 0.25) is 0 Å². The minimum atomic E-state index is -1.65. The monoisotopic (exact) mass is 302 g/mol. The lowest BCUT2D eigenvalue weighted by molar-refractivity contribution is 0.102. The molecule has 2 rings (SSSR count). The van der Waals surface area contributed by atoms with E-state index in [1.165, 1.54) is 6.92 Å². The van der Waals surface area contributed by atoms with Crippen LogP contribution in [0.15, 0.2) is 36.4 Å². The predicted molar refractivity (Wildman–Crippen MR) is 71.5 cm³/mol. The third-order valence-corrected chi connectivity index (χ3v) is 3.72. The highest BCUT2D eigenvalue weighted by Crippen LogP contribution is 2.37. The average Bonchev–Trinajstić information content (AvgIpc) is 2.31. The van der Waals surface area contributed by atoms with Gasteiger partial charge < -0.3 is 5.11 Å². The van der Waals surface area contributed by atoms with Crippen LogP contribution < -0.4 is 0 Å². The predicted octanol–water partition coefficient (Wildman–Crippen LogP) is 4.53. The Morgan fingerprint density at radius 1 is 1.05 bits per heavy atom. The molecule has 1 atom stereocenters. The van der Waals surface area contributed by atoms with E-state index >= 15 is 0 Å². The number of hydrogen-bond donors (Lipinski definition) is 1. The first-order valence-corrected chi connectivity index (χ1v) is 6.21. The summed E-state index contributed by atoms with van der Waals surface area (Å²) in [5, 5.41) is 10.9. The highest BCUT2D eigenvalue weighted by atomic mass is 35.5. The zero-order valence-electron chi connectivity index (χ0n) is 9.92. The smallest absolute Gasteiger partial charge is 0.126 e. The van der Waals surface area contributed by atoms with Crippen LogP contribution in [0.3, 0.4) is 0 Å². The molecule has 1 nitrogen and oxygen atoms in total. The minimum Gasteiger partial charge on any atom is -0.381 e. The van der Waals surface area contributed by atoms with E-state index in [0.29, 0.717) is 0 Å². The van der Waals surface area contributed by atoms with Crippen LogP contribution in [0.5, 0.6) is 0 Å². The number of benzene rings is 2. The van der Waals surface area contributed by atoms with E-state index in [2.05, 4.69) is 0 Å². The fourth-order valence-electron chi connectivity index (χ4n) is 1.87. The quantitative estimate of drug-likeness (QED) is 0.864. The maximum Gasteiger partial charge on any atom is 0.126 e. The zero-order valence-corrected chi connectivity index (χ0v) is 11.4. The van der Waals surface area contributed by atoms with Crippen molar-refractivity contribution in [3.8, 4) is 0 Å². The van der Waals surface area contributed by atoms with E-state index in [0.717, 1.165) is 18.2 Å². The molecule has 100 valence electrons. The van der Waals surface area contributed by atoms with Crippen LogP contribution in [0, 0.1) is 11.6 Å². The SMILES string of the molecule is CC(O)(c1cc(F)cc(F)c1)c1cccc(Cl)c1Cl. The van der Waals surface area contributed by atoms with E-state index in [9.17, 15) is 13.9 Å². The molecule has 0 heterocycles. The molecule has 0 saturated heterocycles. The van der Waals surface area contributed by atoms with Crippen LogP contribution in [0.1, 0.15) is 18.1 Å². The summed E-state index contributed by atoms with van der Waals surface area (Å²) in [6.45, 7) is 1.40. The fraction of sp³-hybridized carbons (Fsp3) is 0.143. The van der Waals surface area contributed by atoms with Gasteiger partial charge in [-0.3, -0.25) is 0 Å². The first kappa shape index (κ1) is 14.3. The molecule has 0 aliphatic heterocycles. The maximum absolute atomic E-state index is 13.2. The third-order valence-electron chi connectivity index (χ3n) is 2.90. The molecular weight excluding hydrogens is 293 g/mol. The second kappa shape index (κ2) is 5.08. The number of halogens is 4. The summed E-state index contributed by atoms with van der Waals surface area (Å²) in [4.78, 5) is 0. The standard InChI is InChI=1S/C14H10Cl2F2O/c1-14(19,8-5-9(17)7-10(18)6-8)11-3-2-4-12(15)13(11)16/h2-7,19H,1H3. The first-order chi connectivity index (χ1) is 8.82. The molecule has 0 radical (unpaired) electrons. The summed E-state index contributed by atoms with van der Waals surface area (Å²) in [7, 11) is 0. The van der Waals surface area contributed by atoms with Gasteiger partial charge in [0, 0.05) is 11.6 Å². The normalized spacial score (nSPS) is 14.2. The maximum atomic E-state index is 13.2. The Labute approximate surface area is 119 Å². The van der Waals surface area contributed by atoms with Gasteiger partial charge in [-0.25, -0.2) is 8.78 Å². The van der Waals surface area contributed by atoms with Crippen molar-refractivity contribution in [1.82, 2.24) is 0 Å². The van der Waals surface area contributed by atoms with Crippen molar-refractivity contribution in [2.24, 2.45) is 0 Å². The molecule has 0 aromatic heterocycles. The van der Waals surface area contributed by atoms with Gasteiger partial charge in [0.1, 0.15) is 17.2 Å². The Kier molecular flexibility index (Phi) is 3.81. The van der Waals surface area contributed by atoms with Crippen molar-refractivity contribution in [2.45, 2.75) is 12.5 Å². The molecule has 0 amide bonds. The van der Waals surface area contributed by atoms with Crippen molar-refractivity contribution in [3.05, 3.63) is 69.2 Å². The summed E-state index contributed by atoms with van der Waals surface area (Å²) in [5.41, 5.74) is -1.30. The zero-order chi connectivity index (χ0) is 14.2. The third kappa shape index (κ3) is 2.73. The van der Waals surface area contributed by atoms with E-state index in [4.69, 9.17) is 23.2 Å². The van der Waals surface area contributed by atoms with Gasteiger partial charge in [-0.15, -0.1) is 0 Å². The number of aliphatic hydroxyl groups is 1. The summed E-state index contributed by atoms with van der Waals surface area (Å²) >= 11 is 11.9. The Morgan fingerprint density at radius 2 is 1.63 bits per heavy atom. The van der Waals surface area contributed by atoms with Crippen molar-refractivity contribution in [3.63, 3.8) is 0 Å². The first-order valence-electron chi connectivity index (χ1n) is 5.46. The Morgan fingerprint density at radius 3 is 2.21 bits per heavy atom. The molecule has 0 saturated carbocycles. The lowest BCUT2D eigenvalue weighted by Crippen LogP contribution is -2.23. The van der Waals surface area contributed by atoms with Gasteiger partial charge in [-0.05, 0) is 30.7 Å². The van der Waals surface area contributed by atoms with Crippen LogP contribution in [-0.2, 0) is 5.60 Å². The van der Waals surface area contributed by atoms with Gasteiger partial charge >= 0.3 is 0 Å². The molecule has 0 bridgehead atoms. The Hall–Kier alpha value is -1.16. The molecule has 0 aliphatic rings. The molecule has 0 fully saturated rings. The van der Waals surface area contributed by atoms with Crippen molar-refractivity contribution >= 4 is 23.2 Å². The van der Waals surface area contributed by atoms with Crippen molar-refractivity contribution in [1.29, 1.82) is 0 Å². The second-order valence-corrected chi connectivity index (χ2v) is 5.12. The van der Waals surface area contributed by atoms with Crippen LogP contribution >= 0.6 is 23.2 Å². The van der Waals surface area contributed by atoms with Crippen molar-refractivity contribution in [2.75, 3.05) is 0 Å². The molecular formula is C14H10Cl2F2O. The van der Waals surface area contributed by atoms with E-state index < -0.39 is 17.2 Å². The molecule has 2 aromatic rings. The van der Waals surface area contributed by atoms with Gasteiger partial charge in [0.05, 0.1) is 10.0 Å². The van der Waals surface area contributed by atoms with Crippen LogP contribution in [0.25, 0.3) is 0 Å². The highest BCUT2D eigenvalue weighted by Gasteiger charge is 2.29. The van der Waals surface area contributed by atoms with Crippen LogP contribution in [-0.4, -0.2) is 5.11 Å². The topological polar surface area (TPSA) is 20.2 Å². The van der Waals surface area contributed by atoms with E-state index in [1.807, 2.05) is 0 Å². The number of rotatable bonds is 2. The average molecular weight is 303 g/mol. The molecule has 5 heteroatoms. The molecule has 0 aliphatic carbocycles. The van der Waals surface area contributed by atoms with E-state index in [-0.39, 0.29) is 21.2 Å². The largest absolute Gasteiger partial charge is 0.381 e. The van der Waals surface area contributed by atoms with E-state index in [1.54, 1.807) is 18.2 Å².